The number of nitrogens with zero attached hydrogens (tertiary/aromatic N) is 1. The van der Waals surface area contributed by atoms with Gasteiger partial charge in [0.25, 0.3) is 11.8 Å². The summed E-state index contributed by atoms with van der Waals surface area (Å²) in [5.41, 5.74) is 0.0851. The largest absolute Gasteiger partial charge is 0.573 e. The fourth-order valence-electron chi connectivity index (χ4n) is 2.44. The van der Waals surface area contributed by atoms with Crippen LogP contribution >= 0.6 is 11.6 Å². The van der Waals surface area contributed by atoms with Crippen molar-refractivity contribution in [1.82, 2.24) is 15.6 Å². The number of ether oxygens (including phenoxy) is 2. The average Bonchev–Trinajstić information content (AvgIpc) is 2.68. The molecule has 0 radical (unpaired) electrons. The molecule has 1 atom stereocenters. The summed E-state index contributed by atoms with van der Waals surface area (Å²) in [6, 6.07) is 5.32. The van der Waals surface area contributed by atoms with E-state index >= 15 is 0 Å². The molecule has 172 valence electrons. The van der Waals surface area contributed by atoms with E-state index in [4.69, 9.17) is 16.3 Å². The van der Waals surface area contributed by atoms with Crippen molar-refractivity contribution >= 4 is 23.4 Å². The monoisotopic (exact) mass is 475 g/mol. The van der Waals surface area contributed by atoms with E-state index in [-0.39, 0.29) is 35.2 Å². The fourth-order valence-corrected chi connectivity index (χ4v) is 2.55. The van der Waals surface area contributed by atoms with Gasteiger partial charge < -0.3 is 20.1 Å². The highest BCUT2D eigenvalue weighted by atomic mass is 35.5. The second kappa shape index (κ2) is 10.8. The van der Waals surface area contributed by atoms with Gasteiger partial charge in [0.2, 0.25) is 0 Å². The number of amides is 2. The van der Waals surface area contributed by atoms with Crippen LogP contribution in [0.2, 0.25) is 5.02 Å². The van der Waals surface area contributed by atoms with Crippen LogP contribution in [0.1, 0.15) is 23.8 Å². The van der Waals surface area contributed by atoms with Crippen LogP contribution in [-0.2, 0) is 4.79 Å². The number of hydrogen-bond acceptors (Lipinski definition) is 5. The Morgan fingerprint density at radius 1 is 1.22 bits per heavy atom. The van der Waals surface area contributed by atoms with Crippen molar-refractivity contribution in [2.24, 2.45) is 0 Å². The number of pyridine rings is 1. The molecule has 0 aliphatic heterocycles. The highest BCUT2D eigenvalue weighted by molar-refractivity contribution is 6.30. The van der Waals surface area contributed by atoms with Crippen LogP contribution in [0.25, 0.3) is 0 Å². The number of rotatable bonds is 9. The molecule has 0 spiro atoms. The van der Waals surface area contributed by atoms with Gasteiger partial charge in [-0.25, -0.2) is 9.37 Å². The summed E-state index contributed by atoms with van der Waals surface area (Å²) >= 11 is 5.57. The van der Waals surface area contributed by atoms with Gasteiger partial charge in [0.05, 0.1) is 11.2 Å². The minimum Gasteiger partial charge on any atom is -0.484 e. The zero-order valence-corrected chi connectivity index (χ0v) is 17.4. The van der Waals surface area contributed by atoms with Crippen LogP contribution in [-0.4, -0.2) is 35.8 Å². The van der Waals surface area contributed by atoms with Crippen LogP contribution in [0, 0.1) is 5.82 Å². The van der Waals surface area contributed by atoms with Crippen molar-refractivity contribution in [3.8, 4) is 11.5 Å². The molecule has 2 amide bonds. The lowest BCUT2D eigenvalue weighted by molar-refractivity contribution is -0.274. The predicted molar refractivity (Wildman–Crippen MR) is 107 cm³/mol. The molecule has 0 saturated carbocycles. The number of carbonyl (C=O) groups is 2. The topological polar surface area (TPSA) is 89.6 Å². The van der Waals surface area contributed by atoms with Crippen LogP contribution in [0.5, 0.6) is 11.5 Å². The molecular weight excluding hydrogens is 458 g/mol. The number of hydrogen-bond donors (Lipinski definition) is 2. The lowest BCUT2D eigenvalue weighted by Gasteiger charge is -2.16. The van der Waals surface area contributed by atoms with E-state index in [9.17, 15) is 27.2 Å². The summed E-state index contributed by atoms with van der Waals surface area (Å²) < 4.78 is 58.7. The normalized spacial score (nSPS) is 11.9. The first-order valence-electron chi connectivity index (χ1n) is 9.01. The molecule has 0 aliphatic rings. The molecule has 2 rings (SSSR count). The van der Waals surface area contributed by atoms with Crippen LogP contribution in [0.3, 0.4) is 0 Å². The molecule has 1 heterocycles. The van der Waals surface area contributed by atoms with Gasteiger partial charge in [0, 0.05) is 24.2 Å². The van der Waals surface area contributed by atoms with E-state index in [0.29, 0.717) is 0 Å². The Balaban J connectivity index is 1.77. The van der Waals surface area contributed by atoms with Crippen LogP contribution in [0.4, 0.5) is 17.6 Å². The molecule has 12 heteroatoms. The minimum atomic E-state index is -4.86. The second-order valence-electron chi connectivity index (χ2n) is 6.52. The smallest absolute Gasteiger partial charge is 0.484 e. The molecule has 2 aromatic rings. The molecule has 1 aromatic heterocycles. The summed E-state index contributed by atoms with van der Waals surface area (Å²) in [6.45, 7) is 4.95. The molecule has 0 bridgehead atoms. The van der Waals surface area contributed by atoms with Gasteiger partial charge >= 0.3 is 6.36 Å². The third-order valence-electron chi connectivity index (χ3n) is 3.71. The number of carbonyl (C=O) groups excluding carboxylic acids is 2. The van der Waals surface area contributed by atoms with Crippen molar-refractivity contribution in [2.75, 3.05) is 6.61 Å². The van der Waals surface area contributed by atoms with Gasteiger partial charge in [0.1, 0.15) is 23.0 Å². The zero-order chi connectivity index (χ0) is 23.9. The van der Waals surface area contributed by atoms with Crippen molar-refractivity contribution in [1.29, 1.82) is 0 Å². The lowest BCUT2D eigenvalue weighted by Crippen LogP contribution is -2.37. The summed E-state index contributed by atoms with van der Waals surface area (Å²) in [5, 5.41) is 4.98. The van der Waals surface area contributed by atoms with Crippen LogP contribution < -0.4 is 20.1 Å². The van der Waals surface area contributed by atoms with Gasteiger partial charge in [-0.2, -0.15) is 0 Å². The SMILES string of the molecule is C=C(CC(C)NC(=O)COc1ccc(Cl)c(F)c1)NC(=O)c1ccc(OC(F)(F)F)cn1. The average molecular weight is 476 g/mol. The molecule has 2 N–H and O–H groups in total. The molecule has 1 unspecified atom stereocenters. The molecule has 0 saturated heterocycles. The van der Waals surface area contributed by atoms with E-state index in [1.807, 2.05) is 0 Å². The maximum Gasteiger partial charge on any atom is 0.573 e. The highest BCUT2D eigenvalue weighted by Crippen LogP contribution is 2.22. The number of nitrogens with one attached hydrogen (secondary N) is 2. The minimum absolute atomic E-state index is 0.0724. The van der Waals surface area contributed by atoms with Crippen molar-refractivity contribution in [3.05, 3.63) is 65.3 Å². The Labute approximate surface area is 185 Å². The Morgan fingerprint density at radius 2 is 1.91 bits per heavy atom. The van der Waals surface area contributed by atoms with E-state index in [2.05, 4.69) is 26.9 Å². The zero-order valence-electron chi connectivity index (χ0n) is 16.6. The summed E-state index contributed by atoms with van der Waals surface area (Å²) in [5.74, 6) is -2.30. The van der Waals surface area contributed by atoms with Crippen LogP contribution in [0.15, 0.2) is 48.8 Å². The van der Waals surface area contributed by atoms with Gasteiger partial charge in [-0.05, 0) is 31.2 Å². The first-order chi connectivity index (χ1) is 14.9. The standard InChI is InChI=1S/C20H18ClF4N3O4/c1-11(27-18(29)10-31-13-3-5-15(21)16(22)8-13)7-12(2)28-19(30)17-6-4-14(9-26-17)32-20(23,24)25/h3-6,8-9,11H,2,7,10H2,1H3,(H,27,29)(H,28,30). The maximum atomic E-state index is 13.4. The van der Waals surface area contributed by atoms with E-state index in [0.717, 1.165) is 24.4 Å². The van der Waals surface area contributed by atoms with E-state index in [1.165, 1.54) is 12.1 Å². The van der Waals surface area contributed by atoms with Crippen molar-refractivity contribution in [2.45, 2.75) is 25.7 Å². The van der Waals surface area contributed by atoms with Gasteiger partial charge in [-0.1, -0.05) is 18.2 Å². The number of aromatic nitrogens is 1. The second-order valence-corrected chi connectivity index (χ2v) is 6.93. The number of halogens is 5. The number of benzene rings is 1. The highest BCUT2D eigenvalue weighted by Gasteiger charge is 2.31. The summed E-state index contributed by atoms with van der Waals surface area (Å²) in [6.07, 6.45) is -3.95. The molecule has 0 fully saturated rings. The molecule has 0 aliphatic carbocycles. The Kier molecular flexibility index (Phi) is 8.41. The van der Waals surface area contributed by atoms with Gasteiger partial charge in [-0.3, -0.25) is 9.59 Å². The third kappa shape index (κ3) is 8.42. The maximum absolute atomic E-state index is 13.4. The molecule has 7 nitrogen and oxygen atoms in total. The van der Waals surface area contributed by atoms with Crippen molar-refractivity contribution < 1.29 is 36.6 Å². The quantitative estimate of drug-likeness (QED) is 0.535. The Hall–Kier alpha value is -3.34. The van der Waals surface area contributed by atoms with E-state index < -0.39 is 35.8 Å². The molecule has 1 aromatic carbocycles. The molecular formula is C20H18ClF4N3O4. The fraction of sp³-hybridized carbons (Fsp3) is 0.250. The third-order valence-corrected chi connectivity index (χ3v) is 4.02. The Bertz CT molecular complexity index is 984. The van der Waals surface area contributed by atoms with Crippen molar-refractivity contribution in [3.63, 3.8) is 0 Å². The van der Waals surface area contributed by atoms with Gasteiger partial charge in [-0.15, -0.1) is 13.2 Å². The Morgan fingerprint density at radius 3 is 2.50 bits per heavy atom. The summed E-state index contributed by atoms with van der Waals surface area (Å²) in [4.78, 5) is 27.7. The first-order valence-corrected chi connectivity index (χ1v) is 9.39. The number of alkyl halides is 3. The van der Waals surface area contributed by atoms with Gasteiger partial charge in [0.15, 0.2) is 6.61 Å². The lowest BCUT2D eigenvalue weighted by atomic mass is 10.2. The molecule has 32 heavy (non-hydrogen) atoms. The van der Waals surface area contributed by atoms with E-state index in [1.54, 1.807) is 6.92 Å². The summed E-state index contributed by atoms with van der Waals surface area (Å²) in [7, 11) is 0. The predicted octanol–water partition coefficient (Wildman–Crippen LogP) is 3.99. The first kappa shape index (κ1) is 24.9.